The van der Waals surface area contributed by atoms with E-state index in [-0.39, 0.29) is 0 Å². The van der Waals surface area contributed by atoms with Gasteiger partial charge in [-0.15, -0.1) is 0 Å². The lowest BCUT2D eigenvalue weighted by atomic mass is 9.85. The van der Waals surface area contributed by atoms with Gasteiger partial charge in [0, 0.05) is 19.0 Å². The first-order valence-corrected chi connectivity index (χ1v) is 6.09. The van der Waals surface area contributed by atoms with Gasteiger partial charge >= 0.3 is 0 Å². The molecule has 0 spiro atoms. The summed E-state index contributed by atoms with van der Waals surface area (Å²) >= 11 is 0. The molecular weight excluding hydrogens is 224 g/mol. The minimum atomic E-state index is -0.434. The first-order valence-electron chi connectivity index (χ1n) is 6.09. The third-order valence-electron chi connectivity index (χ3n) is 3.34. The molecule has 0 saturated heterocycles. The fourth-order valence-corrected chi connectivity index (χ4v) is 2.25. The van der Waals surface area contributed by atoms with Gasteiger partial charge in [0.15, 0.2) is 0 Å². The third-order valence-corrected chi connectivity index (χ3v) is 3.34. The van der Waals surface area contributed by atoms with Gasteiger partial charge < -0.3 is 5.73 Å². The largest absolute Gasteiger partial charge is 0.321 e. The first-order chi connectivity index (χ1) is 8.40. The number of rotatable bonds is 3. The van der Waals surface area contributed by atoms with Crippen LogP contribution in [0.4, 0.5) is 0 Å². The van der Waals surface area contributed by atoms with Crippen molar-refractivity contribution in [2.45, 2.75) is 32.7 Å². The lowest BCUT2D eigenvalue weighted by Gasteiger charge is -2.27. The van der Waals surface area contributed by atoms with Gasteiger partial charge in [0.25, 0.3) is 0 Å². The Labute approximate surface area is 108 Å². The number of hydrogen-bond acceptors (Lipinski definition) is 3. The molecule has 0 aliphatic heterocycles. The van der Waals surface area contributed by atoms with Crippen LogP contribution < -0.4 is 5.73 Å². The zero-order chi connectivity index (χ0) is 13.3. The second kappa shape index (κ2) is 4.53. The highest BCUT2D eigenvalue weighted by Crippen LogP contribution is 2.25. The second-order valence-electron chi connectivity index (χ2n) is 5.21. The minimum absolute atomic E-state index is 0.434. The summed E-state index contributed by atoms with van der Waals surface area (Å²) in [7, 11) is 1.89. The zero-order valence-corrected chi connectivity index (χ0v) is 11.4. The second-order valence-corrected chi connectivity index (χ2v) is 5.21. The molecule has 1 aromatic carbocycles. The van der Waals surface area contributed by atoms with Crippen molar-refractivity contribution in [2.75, 3.05) is 0 Å². The van der Waals surface area contributed by atoms with Gasteiger partial charge in [0.1, 0.15) is 12.2 Å². The average Bonchev–Trinajstić information content (AvgIpc) is 2.67. The third kappa shape index (κ3) is 2.43. The minimum Gasteiger partial charge on any atom is -0.321 e. The first kappa shape index (κ1) is 12.8. The number of nitrogens with zero attached hydrogens (tertiary/aromatic N) is 3. The average molecular weight is 244 g/mol. The van der Waals surface area contributed by atoms with E-state index < -0.39 is 5.54 Å². The van der Waals surface area contributed by atoms with Crippen molar-refractivity contribution in [1.29, 1.82) is 0 Å². The standard InChI is InChI=1S/C14H20N4/c1-10-5-6-11(2)12(7-10)14(3,15)8-13-16-9-17-18(13)4/h5-7,9H,8,15H2,1-4H3. The molecular formula is C14H20N4. The summed E-state index contributed by atoms with van der Waals surface area (Å²) in [6.45, 7) is 6.22. The van der Waals surface area contributed by atoms with E-state index in [1.807, 2.05) is 14.0 Å². The van der Waals surface area contributed by atoms with E-state index in [4.69, 9.17) is 5.73 Å². The van der Waals surface area contributed by atoms with Gasteiger partial charge in [0.2, 0.25) is 0 Å². The molecule has 2 rings (SSSR count). The topological polar surface area (TPSA) is 56.7 Å². The number of benzene rings is 1. The Hall–Kier alpha value is -1.68. The molecule has 2 N–H and O–H groups in total. The maximum absolute atomic E-state index is 6.49. The van der Waals surface area contributed by atoms with E-state index in [2.05, 4.69) is 42.1 Å². The molecule has 2 aromatic rings. The Kier molecular flexibility index (Phi) is 3.22. The van der Waals surface area contributed by atoms with Crippen molar-refractivity contribution in [3.8, 4) is 0 Å². The molecule has 1 unspecified atom stereocenters. The molecule has 1 heterocycles. The molecule has 0 fully saturated rings. The van der Waals surface area contributed by atoms with Crippen LogP contribution in [0, 0.1) is 13.8 Å². The van der Waals surface area contributed by atoms with Gasteiger partial charge in [-0.1, -0.05) is 23.8 Å². The van der Waals surface area contributed by atoms with E-state index >= 15 is 0 Å². The van der Waals surface area contributed by atoms with Crippen molar-refractivity contribution >= 4 is 0 Å². The van der Waals surface area contributed by atoms with E-state index in [1.165, 1.54) is 16.7 Å². The Balaban J connectivity index is 2.36. The fraction of sp³-hybridized carbons (Fsp3) is 0.429. The number of aromatic nitrogens is 3. The Bertz CT molecular complexity index is 555. The molecule has 1 aromatic heterocycles. The molecule has 0 bridgehead atoms. The summed E-state index contributed by atoms with van der Waals surface area (Å²) in [5.74, 6) is 0.904. The lowest BCUT2D eigenvalue weighted by molar-refractivity contribution is 0.462. The lowest BCUT2D eigenvalue weighted by Crippen LogP contribution is -2.37. The predicted octanol–water partition coefficient (Wildman–Crippen LogP) is 1.85. The van der Waals surface area contributed by atoms with Gasteiger partial charge in [0.05, 0.1) is 0 Å². The molecule has 1 atom stereocenters. The molecule has 0 radical (unpaired) electrons. The summed E-state index contributed by atoms with van der Waals surface area (Å²) in [6, 6.07) is 6.38. The van der Waals surface area contributed by atoms with Crippen molar-refractivity contribution in [3.05, 3.63) is 47.0 Å². The molecule has 18 heavy (non-hydrogen) atoms. The van der Waals surface area contributed by atoms with Crippen LogP contribution in [0.3, 0.4) is 0 Å². The highest BCUT2D eigenvalue weighted by atomic mass is 15.3. The van der Waals surface area contributed by atoms with Crippen LogP contribution in [0.5, 0.6) is 0 Å². The van der Waals surface area contributed by atoms with Crippen molar-refractivity contribution < 1.29 is 0 Å². The normalized spacial score (nSPS) is 14.5. The summed E-state index contributed by atoms with van der Waals surface area (Å²) in [5, 5.41) is 4.08. The predicted molar refractivity (Wildman–Crippen MR) is 72.2 cm³/mol. The Morgan fingerprint density at radius 3 is 2.67 bits per heavy atom. The van der Waals surface area contributed by atoms with E-state index in [9.17, 15) is 0 Å². The van der Waals surface area contributed by atoms with Crippen LogP contribution in [-0.4, -0.2) is 14.8 Å². The van der Waals surface area contributed by atoms with Crippen LogP contribution in [0.25, 0.3) is 0 Å². The maximum Gasteiger partial charge on any atom is 0.138 e. The monoisotopic (exact) mass is 244 g/mol. The smallest absolute Gasteiger partial charge is 0.138 e. The van der Waals surface area contributed by atoms with Crippen LogP contribution in [0.15, 0.2) is 24.5 Å². The van der Waals surface area contributed by atoms with Gasteiger partial charge in [-0.05, 0) is 31.9 Å². The highest BCUT2D eigenvalue weighted by Gasteiger charge is 2.25. The summed E-state index contributed by atoms with van der Waals surface area (Å²) in [6.07, 6.45) is 2.24. The van der Waals surface area contributed by atoms with E-state index in [0.717, 1.165) is 5.82 Å². The van der Waals surface area contributed by atoms with Crippen LogP contribution in [0.1, 0.15) is 29.4 Å². The number of nitrogens with two attached hydrogens (primary N) is 1. The summed E-state index contributed by atoms with van der Waals surface area (Å²) < 4.78 is 1.77. The van der Waals surface area contributed by atoms with Crippen molar-refractivity contribution in [1.82, 2.24) is 14.8 Å². The molecule has 0 aliphatic rings. The fourth-order valence-electron chi connectivity index (χ4n) is 2.25. The Morgan fingerprint density at radius 2 is 2.06 bits per heavy atom. The van der Waals surface area contributed by atoms with Gasteiger partial charge in [-0.25, -0.2) is 4.98 Å². The van der Waals surface area contributed by atoms with Crippen LogP contribution >= 0.6 is 0 Å². The summed E-state index contributed by atoms with van der Waals surface area (Å²) in [4.78, 5) is 4.25. The Morgan fingerprint density at radius 1 is 1.33 bits per heavy atom. The molecule has 0 aliphatic carbocycles. The van der Waals surface area contributed by atoms with Crippen LogP contribution in [0.2, 0.25) is 0 Å². The van der Waals surface area contributed by atoms with Gasteiger partial charge in [-0.2, -0.15) is 5.10 Å². The summed E-state index contributed by atoms with van der Waals surface area (Å²) in [5.41, 5.74) is 9.67. The SMILES string of the molecule is Cc1ccc(C)c(C(C)(N)Cc2ncnn2C)c1. The van der Waals surface area contributed by atoms with E-state index in [0.29, 0.717) is 6.42 Å². The van der Waals surface area contributed by atoms with E-state index in [1.54, 1.807) is 11.0 Å². The van der Waals surface area contributed by atoms with Gasteiger partial charge in [-0.3, -0.25) is 4.68 Å². The quantitative estimate of drug-likeness (QED) is 0.896. The molecule has 4 heteroatoms. The van der Waals surface area contributed by atoms with Crippen molar-refractivity contribution in [2.24, 2.45) is 12.8 Å². The molecule has 4 nitrogen and oxygen atoms in total. The molecule has 96 valence electrons. The number of hydrogen-bond donors (Lipinski definition) is 1. The maximum atomic E-state index is 6.49. The number of aryl methyl sites for hydroxylation is 3. The van der Waals surface area contributed by atoms with Crippen molar-refractivity contribution in [3.63, 3.8) is 0 Å². The van der Waals surface area contributed by atoms with Crippen LogP contribution in [-0.2, 0) is 19.0 Å². The zero-order valence-electron chi connectivity index (χ0n) is 11.4. The highest BCUT2D eigenvalue weighted by molar-refractivity contribution is 5.36. The molecule has 0 amide bonds. The molecule has 0 saturated carbocycles.